The summed E-state index contributed by atoms with van der Waals surface area (Å²) in [6.45, 7) is 1.13. The van der Waals surface area contributed by atoms with E-state index in [9.17, 15) is 4.39 Å². The normalized spacial score (nSPS) is 21.9. The summed E-state index contributed by atoms with van der Waals surface area (Å²) in [6, 6.07) is 9.74. The molecule has 0 bridgehead atoms. The molecule has 0 amide bonds. The van der Waals surface area contributed by atoms with Gasteiger partial charge in [0.15, 0.2) is 6.17 Å². The molecule has 1 saturated heterocycles. The molecule has 0 aromatic heterocycles. The summed E-state index contributed by atoms with van der Waals surface area (Å²) in [5, 5.41) is 0. The van der Waals surface area contributed by atoms with E-state index in [2.05, 4.69) is 0 Å². The van der Waals surface area contributed by atoms with E-state index in [1.54, 1.807) is 0 Å². The van der Waals surface area contributed by atoms with Crippen molar-refractivity contribution in [3.05, 3.63) is 35.9 Å². The molecule has 0 aliphatic carbocycles. The number of halogens is 1. The Bertz CT molecular complexity index is 272. The van der Waals surface area contributed by atoms with Crippen LogP contribution in [0.2, 0.25) is 0 Å². The zero-order valence-corrected chi connectivity index (χ0v) is 7.86. The fourth-order valence-electron chi connectivity index (χ4n) is 1.24. The first-order chi connectivity index (χ1) is 6.86. The van der Waals surface area contributed by atoms with Gasteiger partial charge in [0.25, 0.3) is 0 Å². The molecule has 14 heavy (non-hydrogen) atoms. The predicted octanol–water partition coefficient (Wildman–Crippen LogP) is 1.94. The Balaban J connectivity index is 1.67. The summed E-state index contributed by atoms with van der Waals surface area (Å²) in [7, 11) is 0. The number of benzene rings is 1. The quantitative estimate of drug-likeness (QED) is 0.671. The molecule has 1 fully saturated rings. The molecule has 0 spiro atoms. The highest BCUT2D eigenvalue weighted by molar-refractivity contribution is 5.13. The van der Waals surface area contributed by atoms with Gasteiger partial charge in [-0.2, -0.15) is 0 Å². The predicted molar refractivity (Wildman–Crippen MR) is 50.7 cm³/mol. The second kappa shape index (κ2) is 4.53. The van der Waals surface area contributed by atoms with E-state index in [1.165, 1.54) is 0 Å². The standard InChI is InChI=1S/C11H13FO2/c12-10(11-8-14-11)7-13-6-9-4-2-1-3-5-9/h1-5,10-11H,6-8H2/t10-,11-/m1/s1. The maximum absolute atomic E-state index is 13.0. The van der Waals surface area contributed by atoms with E-state index in [-0.39, 0.29) is 12.7 Å². The first-order valence-corrected chi connectivity index (χ1v) is 4.73. The highest BCUT2D eigenvalue weighted by Gasteiger charge is 2.32. The average Bonchev–Trinajstić information content (AvgIpc) is 3.02. The Morgan fingerprint density at radius 3 is 2.79 bits per heavy atom. The summed E-state index contributed by atoms with van der Waals surface area (Å²) >= 11 is 0. The van der Waals surface area contributed by atoms with Gasteiger partial charge in [-0.1, -0.05) is 30.3 Å². The second-order valence-corrected chi connectivity index (χ2v) is 3.39. The number of hydrogen-bond acceptors (Lipinski definition) is 2. The van der Waals surface area contributed by atoms with Gasteiger partial charge in [-0.05, 0) is 5.56 Å². The molecular weight excluding hydrogens is 183 g/mol. The van der Waals surface area contributed by atoms with E-state index in [0.29, 0.717) is 13.2 Å². The van der Waals surface area contributed by atoms with Crippen molar-refractivity contribution in [1.82, 2.24) is 0 Å². The molecule has 1 aromatic carbocycles. The van der Waals surface area contributed by atoms with Crippen LogP contribution in [0.25, 0.3) is 0 Å². The van der Waals surface area contributed by atoms with Gasteiger partial charge in [0.2, 0.25) is 0 Å². The summed E-state index contributed by atoms with van der Waals surface area (Å²) < 4.78 is 23.1. The van der Waals surface area contributed by atoms with Crippen molar-refractivity contribution in [3.8, 4) is 0 Å². The second-order valence-electron chi connectivity index (χ2n) is 3.39. The van der Waals surface area contributed by atoms with Gasteiger partial charge in [0, 0.05) is 0 Å². The first kappa shape index (κ1) is 9.62. The summed E-state index contributed by atoms with van der Waals surface area (Å²) in [5.41, 5.74) is 1.07. The highest BCUT2D eigenvalue weighted by Crippen LogP contribution is 2.17. The van der Waals surface area contributed by atoms with Crippen molar-refractivity contribution in [3.63, 3.8) is 0 Å². The lowest BCUT2D eigenvalue weighted by molar-refractivity contribution is 0.0580. The summed E-state index contributed by atoms with van der Waals surface area (Å²) in [5.74, 6) is 0. The van der Waals surface area contributed by atoms with Crippen LogP contribution in [0.5, 0.6) is 0 Å². The van der Waals surface area contributed by atoms with E-state index in [4.69, 9.17) is 9.47 Å². The molecule has 2 rings (SSSR count). The van der Waals surface area contributed by atoms with Crippen LogP contribution in [0.3, 0.4) is 0 Å². The Hall–Kier alpha value is -0.930. The maximum atomic E-state index is 13.0. The third kappa shape index (κ3) is 2.79. The van der Waals surface area contributed by atoms with E-state index in [1.807, 2.05) is 30.3 Å². The first-order valence-electron chi connectivity index (χ1n) is 4.73. The van der Waals surface area contributed by atoms with Crippen molar-refractivity contribution in [2.75, 3.05) is 13.2 Å². The molecule has 3 heteroatoms. The molecule has 1 heterocycles. The van der Waals surface area contributed by atoms with Crippen LogP contribution < -0.4 is 0 Å². The number of ether oxygens (including phenoxy) is 2. The summed E-state index contributed by atoms with van der Waals surface area (Å²) in [4.78, 5) is 0. The lowest BCUT2D eigenvalue weighted by Crippen LogP contribution is -2.16. The van der Waals surface area contributed by atoms with E-state index >= 15 is 0 Å². The van der Waals surface area contributed by atoms with Gasteiger partial charge in [-0.15, -0.1) is 0 Å². The van der Waals surface area contributed by atoms with Crippen LogP contribution in [0.15, 0.2) is 30.3 Å². The molecule has 0 saturated carbocycles. The van der Waals surface area contributed by atoms with Gasteiger partial charge in [0.1, 0.15) is 6.10 Å². The van der Waals surface area contributed by atoms with Crippen molar-refractivity contribution in [2.24, 2.45) is 0 Å². The number of rotatable bonds is 5. The lowest BCUT2D eigenvalue weighted by atomic mass is 10.2. The molecule has 0 unspecified atom stereocenters. The molecule has 1 aromatic rings. The van der Waals surface area contributed by atoms with Crippen molar-refractivity contribution in [2.45, 2.75) is 18.9 Å². The smallest absolute Gasteiger partial charge is 0.152 e. The van der Waals surface area contributed by atoms with Crippen molar-refractivity contribution >= 4 is 0 Å². The molecule has 0 N–H and O–H groups in total. The van der Waals surface area contributed by atoms with Gasteiger partial charge < -0.3 is 9.47 Å². The molecule has 2 atom stereocenters. The number of hydrogen-bond donors (Lipinski definition) is 0. The van der Waals surface area contributed by atoms with E-state index < -0.39 is 6.17 Å². The molecular formula is C11H13FO2. The molecule has 76 valence electrons. The fourth-order valence-corrected chi connectivity index (χ4v) is 1.24. The van der Waals surface area contributed by atoms with Crippen LogP contribution in [0.4, 0.5) is 4.39 Å². The largest absolute Gasteiger partial charge is 0.374 e. The minimum absolute atomic E-state index is 0.125. The minimum Gasteiger partial charge on any atom is -0.374 e. The molecule has 2 nitrogen and oxygen atoms in total. The SMILES string of the molecule is F[C@H](COCc1ccccc1)[C@H]1CO1. The zero-order valence-electron chi connectivity index (χ0n) is 7.86. The minimum atomic E-state index is -0.973. The van der Waals surface area contributed by atoms with E-state index in [0.717, 1.165) is 5.56 Å². The average molecular weight is 196 g/mol. The van der Waals surface area contributed by atoms with Crippen LogP contribution in [-0.2, 0) is 16.1 Å². The maximum Gasteiger partial charge on any atom is 0.152 e. The zero-order chi connectivity index (χ0) is 9.80. The summed E-state index contributed by atoms with van der Waals surface area (Å²) in [6.07, 6.45) is -1.19. The van der Waals surface area contributed by atoms with Gasteiger partial charge in [-0.25, -0.2) is 4.39 Å². The number of epoxide rings is 1. The van der Waals surface area contributed by atoms with Crippen LogP contribution in [-0.4, -0.2) is 25.5 Å². The van der Waals surface area contributed by atoms with Gasteiger partial charge in [0.05, 0.1) is 19.8 Å². The monoisotopic (exact) mass is 196 g/mol. The Morgan fingerprint density at radius 1 is 1.43 bits per heavy atom. The fraction of sp³-hybridized carbons (Fsp3) is 0.455. The van der Waals surface area contributed by atoms with Gasteiger partial charge >= 0.3 is 0 Å². The molecule has 1 aliphatic rings. The van der Waals surface area contributed by atoms with Crippen LogP contribution >= 0.6 is 0 Å². The Kier molecular flexibility index (Phi) is 3.11. The molecule has 0 radical (unpaired) electrons. The third-order valence-electron chi connectivity index (χ3n) is 2.15. The Labute approximate surface area is 82.6 Å². The highest BCUT2D eigenvalue weighted by atomic mass is 19.1. The van der Waals surface area contributed by atoms with Crippen molar-refractivity contribution in [1.29, 1.82) is 0 Å². The number of alkyl halides is 1. The van der Waals surface area contributed by atoms with Crippen LogP contribution in [0, 0.1) is 0 Å². The Morgan fingerprint density at radius 2 is 2.14 bits per heavy atom. The molecule has 1 aliphatic heterocycles. The lowest BCUT2D eigenvalue weighted by Gasteiger charge is -2.06. The van der Waals surface area contributed by atoms with Crippen molar-refractivity contribution < 1.29 is 13.9 Å². The van der Waals surface area contributed by atoms with Gasteiger partial charge in [-0.3, -0.25) is 0 Å². The topological polar surface area (TPSA) is 21.8 Å². The van der Waals surface area contributed by atoms with Crippen LogP contribution in [0.1, 0.15) is 5.56 Å². The third-order valence-corrected chi connectivity index (χ3v) is 2.15.